The predicted molar refractivity (Wildman–Crippen MR) is 104 cm³/mol. The molecule has 0 bridgehead atoms. The summed E-state index contributed by atoms with van der Waals surface area (Å²) in [7, 11) is 0. The van der Waals surface area contributed by atoms with Crippen LogP contribution in [0.2, 0.25) is 0 Å². The summed E-state index contributed by atoms with van der Waals surface area (Å²) in [5.74, 6) is 0. The van der Waals surface area contributed by atoms with Crippen molar-refractivity contribution in [2.45, 2.75) is 25.4 Å². The fraction of sp³-hybridized carbons (Fsp3) is 0.250. The van der Waals surface area contributed by atoms with E-state index in [9.17, 15) is 13.9 Å². The second-order valence-corrected chi connectivity index (χ2v) is 7.47. The Hall–Kier alpha value is -2.35. The minimum atomic E-state index is -2.56. The van der Waals surface area contributed by atoms with Crippen LogP contribution in [-0.4, -0.2) is 27.7 Å². The van der Waals surface area contributed by atoms with Crippen LogP contribution in [0.5, 0.6) is 0 Å². The first-order valence-corrected chi connectivity index (χ1v) is 9.53. The molecule has 1 atom stereocenters. The number of hydrogen-bond donors (Lipinski definition) is 3. The van der Waals surface area contributed by atoms with Gasteiger partial charge in [-0.25, -0.2) is 13.8 Å². The number of halogens is 2. The largest absolute Gasteiger partial charge is 0.395 e. The van der Waals surface area contributed by atoms with Crippen molar-refractivity contribution in [3.05, 3.63) is 64.8 Å². The Morgan fingerprint density at radius 2 is 1.96 bits per heavy atom. The van der Waals surface area contributed by atoms with E-state index in [-0.39, 0.29) is 17.7 Å². The highest BCUT2D eigenvalue weighted by molar-refractivity contribution is 7.18. The summed E-state index contributed by atoms with van der Waals surface area (Å²) in [4.78, 5) is 7.24. The molecule has 4 aromatic rings. The van der Waals surface area contributed by atoms with E-state index >= 15 is 0 Å². The van der Waals surface area contributed by atoms with Crippen molar-refractivity contribution in [3.8, 4) is 0 Å². The lowest BCUT2D eigenvalue weighted by Gasteiger charge is -2.16. The maximum absolute atomic E-state index is 12.9. The SMILES string of the molecule is OCC(Cc1c[nH]c2ccccc12)NCc1cccc2nc(C(F)F)sc12. The molecule has 0 saturated heterocycles. The maximum atomic E-state index is 12.9. The van der Waals surface area contributed by atoms with Gasteiger partial charge >= 0.3 is 0 Å². The molecule has 0 radical (unpaired) electrons. The van der Waals surface area contributed by atoms with Crippen molar-refractivity contribution >= 4 is 32.5 Å². The number of benzene rings is 2. The number of nitrogens with zero attached hydrogens (tertiary/aromatic N) is 1. The number of rotatable bonds is 7. The van der Waals surface area contributed by atoms with Gasteiger partial charge in [-0.2, -0.15) is 0 Å². The topological polar surface area (TPSA) is 60.9 Å². The molecule has 140 valence electrons. The highest BCUT2D eigenvalue weighted by Gasteiger charge is 2.16. The summed E-state index contributed by atoms with van der Waals surface area (Å²) < 4.78 is 26.7. The van der Waals surface area contributed by atoms with Gasteiger partial charge in [-0.3, -0.25) is 0 Å². The quantitative estimate of drug-likeness (QED) is 0.440. The van der Waals surface area contributed by atoms with Crippen LogP contribution in [0.3, 0.4) is 0 Å². The second-order valence-electron chi connectivity index (χ2n) is 6.44. The molecule has 4 rings (SSSR count). The van der Waals surface area contributed by atoms with E-state index in [0.29, 0.717) is 18.5 Å². The molecule has 0 fully saturated rings. The van der Waals surface area contributed by atoms with Crippen molar-refractivity contribution < 1.29 is 13.9 Å². The summed E-state index contributed by atoms with van der Waals surface area (Å²) in [5, 5.41) is 14.1. The van der Waals surface area contributed by atoms with Crippen molar-refractivity contribution in [2.24, 2.45) is 0 Å². The van der Waals surface area contributed by atoms with Crippen molar-refractivity contribution in [1.29, 1.82) is 0 Å². The molecule has 0 aliphatic rings. The van der Waals surface area contributed by atoms with E-state index in [4.69, 9.17) is 0 Å². The van der Waals surface area contributed by atoms with Crippen LogP contribution >= 0.6 is 11.3 Å². The molecule has 2 heterocycles. The number of aliphatic hydroxyl groups excluding tert-OH is 1. The molecule has 2 aromatic carbocycles. The van der Waals surface area contributed by atoms with Crippen LogP contribution in [0.4, 0.5) is 8.78 Å². The Bertz CT molecular complexity index is 1060. The zero-order chi connectivity index (χ0) is 18.8. The number of H-pyrrole nitrogens is 1. The molecule has 0 amide bonds. The van der Waals surface area contributed by atoms with Gasteiger partial charge in [0.15, 0.2) is 5.01 Å². The molecule has 0 spiro atoms. The first kappa shape index (κ1) is 18.0. The van der Waals surface area contributed by atoms with Crippen molar-refractivity contribution in [2.75, 3.05) is 6.61 Å². The Morgan fingerprint density at radius 3 is 2.78 bits per heavy atom. The minimum absolute atomic E-state index is 0.0134. The lowest BCUT2D eigenvalue weighted by molar-refractivity contribution is 0.151. The molecule has 3 N–H and O–H groups in total. The summed E-state index contributed by atoms with van der Waals surface area (Å²) in [6, 6.07) is 13.4. The van der Waals surface area contributed by atoms with Crippen LogP contribution in [-0.2, 0) is 13.0 Å². The van der Waals surface area contributed by atoms with E-state index in [2.05, 4.69) is 21.4 Å². The third kappa shape index (κ3) is 3.71. The van der Waals surface area contributed by atoms with Crippen LogP contribution in [0.15, 0.2) is 48.7 Å². The molecule has 0 aliphatic heterocycles. The fourth-order valence-corrected chi connectivity index (χ4v) is 4.21. The predicted octanol–water partition coefficient (Wildman–Crippen LogP) is 4.41. The summed E-state index contributed by atoms with van der Waals surface area (Å²) >= 11 is 1.03. The monoisotopic (exact) mass is 387 g/mol. The highest BCUT2D eigenvalue weighted by Crippen LogP contribution is 2.31. The summed E-state index contributed by atoms with van der Waals surface area (Å²) in [6.07, 6.45) is 0.0743. The van der Waals surface area contributed by atoms with Gasteiger partial charge in [-0.1, -0.05) is 30.3 Å². The maximum Gasteiger partial charge on any atom is 0.289 e. The number of alkyl halides is 2. The lowest BCUT2D eigenvalue weighted by Crippen LogP contribution is -2.34. The summed E-state index contributed by atoms with van der Waals surface area (Å²) in [6.45, 7) is 0.469. The van der Waals surface area contributed by atoms with Gasteiger partial charge in [0.2, 0.25) is 0 Å². The minimum Gasteiger partial charge on any atom is -0.395 e. The van der Waals surface area contributed by atoms with Crippen LogP contribution in [0, 0.1) is 0 Å². The number of aromatic nitrogens is 2. The zero-order valence-corrected chi connectivity index (χ0v) is 15.3. The van der Waals surface area contributed by atoms with Crippen LogP contribution in [0.25, 0.3) is 21.1 Å². The summed E-state index contributed by atoms with van der Waals surface area (Å²) in [5.41, 5.74) is 3.70. The Morgan fingerprint density at radius 1 is 1.11 bits per heavy atom. The smallest absolute Gasteiger partial charge is 0.289 e. The highest BCUT2D eigenvalue weighted by atomic mass is 32.1. The van der Waals surface area contributed by atoms with Crippen LogP contribution < -0.4 is 5.32 Å². The van der Waals surface area contributed by atoms with Crippen molar-refractivity contribution in [3.63, 3.8) is 0 Å². The van der Waals surface area contributed by atoms with Gasteiger partial charge < -0.3 is 15.4 Å². The van der Waals surface area contributed by atoms with Gasteiger partial charge in [0.25, 0.3) is 6.43 Å². The Labute approximate surface area is 158 Å². The van der Waals surface area contributed by atoms with Gasteiger partial charge in [-0.05, 0) is 29.7 Å². The molecule has 0 aliphatic carbocycles. The number of para-hydroxylation sites is 1. The Kier molecular flexibility index (Phi) is 5.15. The normalized spacial score (nSPS) is 13.0. The van der Waals surface area contributed by atoms with Gasteiger partial charge in [-0.15, -0.1) is 11.3 Å². The molecule has 4 nitrogen and oxygen atoms in total. The first-order valence-electron chi connectivity index (χ1n) is 8.71. The number of aromatic amines is 1. The average molecular weight is 387 g/mol. The molecule has 0 saturated carbocycles. The van der Waals surface area contributed by atoms with E-state index in [1.807, 2.05) is 36.5 Å². The number of fused-ring (bicyclic) bond motifs is 2. The van der Waals surface area contributed by atoms with Crippen LogP contribution in [0.1, 0.15) is 22.6 Å². The standard InChI is InChI=1S/C20H19F2N3OS/c21-19(22)20-25-17-7-3-4-12(18(17)27-20)9-23-14(11-26)8-13-10-24-16-6-2-1-5-15(13)16/h1-7,10,14,19,23-24,26H,8-9,11H2. The molecule has 27 heavy (non-hydrogen) atoms. The van der Waals surface area contributed by atoms with E-state index in [0.717, 1.165) is 38.1 Å². The van der Waals surface area contributed by atoms with Gasteiger partial charge in [0.05, 0.1) is 16.8 Å². The third-order valence-electron chi connectivity index (χ3n) is 4.64. The first-order chi connectivity index (χ1) is 13.2. The van der Waals surface area contributed by atoms with E-state index in [1.54, 1.807) is 6.07 Å². The molecule has 1 unspecified atom stereocenters. The van der Waals surface area contributed by atoms with Gasteiger partial charge in [0.1, 0.15) is 0 Å². The zero-order valence-electron chi connectivity index (χ0n) is 14.5. The third-order valence-corrected chi connectivity index (χ3v) is 5.80. The van der Waals surface area contributed by atoms with E-state index in [1.165, 1.54) is 0 Å². The lowest BCUT2D eigenvalue weighted by atomic mass is 10.1. The number of nitrogens with one attached hydrogen (secondary N) is 2. The van der Waals surface area contributed by atoms with Gasteiger partial charge in [0, 0.05) is 29.7 Å². The molecular weight excluding hydrogens is 368 g/mol. The second kappa shape index (κ2) is 7.72. The number of hydrogen-bond acceptors (Lipinski definition) is 4. The molecule has 2 aromatic heterocycles. The van der Waals surface area contributed by atoms with Crippen molar-refractivity contribution in [1.82, 2.24) is 15.3 Å². The Balaban J connectivity index is 1.50. The number of thiazole rings is 1. The molecule has 7 heteroatoms. The average Bonchev–Trinajstić information content (AvgIpc) is 3.30. The van der Waals surface area contributed by atoms with E-state index < -0.39 is 6.43 Å². The number of aliphatic hydroxyl groups is 1. The molecular formula is C20H19F2N3OS. The fourth-order valence-electron chi connectivity index (χ4n) is 3.28.